The van der Waals surface area contributed by atoms with Gasteiger partial charge >= 0.3 is 5.97 Å². The maximum absolute atomic E-state index is 10.2. The molecule has 0 fully saturated rings. The van der Waals surface area contributed by atoms with E-state index in [1.165, 1.54) is 6.92 Å². The third-order valence-electron chi connectivity index (χ3n) is 2.40. The van der Waals surface area contributed by atoms with Crippen molar-refractivity contribution in [1.82, 2.24) is 15.5 Å². The van der Waals surface area contributed by atoms with Crippen LogP contribution in [0.4, 0.5) is 0 Å². The second kappa shape index (κ2) is 22.4. The number of carboxylic acids is 1. The fraction of sp³-hybridized carbons (Fsp3) is 0.625. The predicted octanol–water partition coefficient (Wildman–Crippen LogP) is 2.44. The predicted molar refractivity (Wildman–Crippen MR) is 117 cm³/mol. The van der Waals surface area contributed by atoms with Crippen LogP contribution in [0.15, 0.2) is 9.68 Å². The van der Waals surface area contributed by atoms with Crippen LogP contribution in [-0.4, -0.2) is 44.8 Å². The SMILES string of the molecule is C/C(N)=N/O.CNC(C)(C)C(=O)O.C[CH-]I.Cc1noc(C(C)(C)N)n1.[CH3-].[V].[V]. The van der Waals surface area contributed by atoms with E-state index in [4.69, 9.17) is 26.3 Å². The number of aromatic nitrogens is 2. The van der Waals surface area contributed by atoms with Gasteiger partial charge in [0, 0.05) is 37.1 Å². The molecule has 10 nitrogen and oxygen atoms in total. The number of nitrogens with zero attached hydrogens (tertiary/aromatic N) is 3. The first-order valence-corrected chi connectivity index (χ1v) is 8.78. The van der Waals surface area contributed by atoms with Gasteiger partial charge in [0.1, 0.15) is 11.4 Å². The molecule has 1 aromatic rings. The van der Waals surface area contributed by atoms with Gasteiger partial charge in [-0.05, 0) is 48.6 Å². The summed E-state index contributed by atoms with van der Waals surface area (Å²) < 4.78 is 6.81. The number of likely N-dealkylation sites (N-methyl/N-ethyl adjacent to an activating group) is 1. The summed E-state index contributed by atoms with van der Waals surface area (Å²) in [4.78, 5) is 14.2. The van der Waals surface area contributed by atoms with Crippen molar-refractivity contribution in [3.05, 3.63) is 23.6 Å². The number of carbonyl (C=O) groups is 1. The first kappa shape index (κ1) is 42.7. The first-order chi connectivity index (χ1) is 11.7. The third-order valence-corrected chi connectivity index (χ3v) is 2.40. The Morgan fingerprint density at radius 2 is 1.66 bits per heavy atom. The second-order valence-corrected chi connectivity index (χ2v) is 7.25. The molecule has 1 aromatic heterocycles. The van der Waals surface area contributed by atoms with Gasteiger partial charge < -0.3 is 61.6 Å². The number of halogens is 1. The maximum atomic E-state index is 10.2. The molecule has 0 aliphatic rings. The van der Waals surface area contributed by atoms with Crippen LogP contribution in [0.3, 0.4) is 0 Å². The average Bonchev–Trinajstić information content (AvgIpc) is 2.96. The van der Waals surface area contributed by atoms with Gasteiger partial charge in [-0.2, -0.15) is 11.9 Å². The van der Waals surface area contributed by atoms with Crippen LogP contribution in [-0.2, 0) is 47.4 Å². The van der Waals surface area contributed by atoms with E-state index in [0.717, 1.165) is 0 Å². The summed E-state index contributed by atoms with van der Waals surface area (Å²) in [7, 11) is 1.62. The van der Waals surface area contributed by atoms with Gasteiger partial charge in [0.2, 0.25) is 5.89 Å². The Morgan fingerprint density at radius 3 is 1.72 bits per heavy atom. The van der Waals surface area contributed by atoms with E-state index in [9.17, 15) is 4.79 Å². The largest absolute Gasteiger partial charge is 0.480 e. The van der Waals surface area contributed by atoms with Crippen LogP contribution >= 0.6 is 22.6 Å². The van der Waals surface area contributed by atoms with Gasteiger partial charge in [-0.1, -0.05) is 10.3 Å². The fourth-order valence-corrected chi connectivity index (χ4v) is 0.666. The Bertz CT molecular complexity index is 534. The minimum Gasteiger partial charge on any atom is -0.480 e. The Kier molecular flexibility index (Phi) is 33.0. The number of rotatable bonds is 3. The van der Waals surface area contributed by atoms with Crippen LogP contribution < -0.4 is 16.8 Å². The molecule has 7 N–H and O–H groups in total. The number of carboxylic acid groups (broad SMARTS) is 1. The molecule has 0 aromatic carbocycles. The summed E-state index contributed by atoms with van der Waals surface area (Å²) in [6, 6.07) is 0. The number of aliphatic carboxylic acids is 1. The summed E-state index contributed by atoms with van der Waals surface area (Å²) in [6.07, 6.45) is 0. The zero-order chi connectivity index (χ0) is 21.6. The fourth-order valence-electron chi connectivity index (χ4n) is 0.666. The number of aryl methyl sites for hydroxylation is 1. The van der Waals surface area contributed by atoms with E-state index < -0.39 is 17.0 Å². The Morgan fingerprint density at radius 1 is 1.31 bits per heavy atom. The summed E-state index contributed by atoms with van der Waals surface area (Å²) in [5.74, 6) is 0.448. The molecule has 0 aliphatic heterocycles. The number of nitrogens with two attached hydrogens (primary N) is 2. The van der Waals surface area contributed by atoms with Crippen molar-refractivity contribution in [2.24, 2.45) is 16.6 Å². The van der Waals surface area contributed by atoms with Crippen molar-refractivity contribution in [2.75, 3.05) is 7.05 Å². The standard InChI is InChI=1S/C6H11N3O.C5H11NO2.C2H4I.C2H6N2O.CH3.2V/c1-4-8-5(10-9-4)6(2,3)7;1-5(2,6-3)4(7)8;1-2-3;1-2(3)4-5;;;/h7H2,1-3H3;6H,1-3H3,(H,7,8);2H,1H3;5H,1H3,(H2,3,4);1H3;;/q;;-1;;-1;;. The number of oxime groups is 1. The van der Waals surface area contributed by atoms with Crippen molar-refractivity contribution in [1.29, 1.82) is 0 Å². The number of hydrogen-bond acceptors (Lipinski definition) is 8. The Balaban J connectivity index is -0.0000000634. The molecule has 13 heteroatoms. The molecule has 29 heavy (non-hydrogen) atoms. The normalized spacial score (nSPS) is 9.93. The molecule has 0 amide bonds. The van der Waals surface area contributed by atoms with E-state index >= 15 is 0 Å². The zero-order valence-electron chi connectivity index (χ0n) is 18.6. The van der Waals surface area contributed by atoms with Crippen molar-refractivity contribution in [3.8, 4) is 0 Å². The molecule has 0 saturated carbocycles. The van der Waals surface area contributed by atoms with Crippen molar-refractivity contribution in [2.45, 2.75) is 59.5 Å². The Labute approximate surface area is 212 Å². The van der Waals surface area contributed by atoms with Gasteiger partial charge in [-0.25, -0.2) is 0 Å². The van der Waals surface area contributed by atoms with Crippen molar-refractivity contribution >= 4 is 34.4 Å². The zero-order valence-corrected chi connectivity index (χ0v) is 23.5. The molecule has 2 radical (unpaired) electrons. The van der Waals surface area contributed by atoms with Crippen molar-refractivity contribution < 1.29 is 56.7 Å². The molecule has 0 bridgehead atoms. The molecule has 0 unspecified atom stereocenters. The van der Waals surface area contributed by atoms with Gasteiger partial charge in [-0.3, -0.25) is 9.22 Å². The van der Waals surface area contributed by atoms with Crippen LogP contribution in [0.1, 0.15) is 53.3 Å². The number of amidine groups is 1. The van der Waals surface area contributed by atoms with E-state index in [2.05, 4.69) is 43.2 Å². The van der Waals surface area contributed by atoms with Crippen LogP contribution in [0.25, 0.3) is 0 Å². The average molecular weight is 604 g/mol. The summed E-state index contributed by atoms with van der Waals surface area (Å²) in [6.45, 7) is 12.1. The summed E-state index contributed by atoms with van der Waals surface area (Å²) >= 11 is 2.16. The molecule has 1 rings (SSSR count). The molecule has 172 valence electrons. The molecular weight excluding hydrogens is 569 g/mol. The quantitative estimate of drug-likeness (QED) is 0.0868. The molecule has 0 aliphatic carbocycles. The summed E-state index contributed by atoms with van der Waals surface area (Å²) in [5.41, 5.74) is 9.15. The second-order valence-electron chi connectivity index (χ2n) is 6.01. The van der Waals surface area contributed by atoms with E-state index in [-0.39, 0.29) is 50.4 Å². The minimum atomic E-state index is -0.833. The monoisotopic (exact) mass is 604 g/mol. The molecule has 0 spiro atoms. The first-order valence-electron chi connectivity index (χ1n) is 7.53. The third kappa shape index (κ3) is 27.7. The van der Waals surface area contributed by atoms with E-state index in [1.54, 1.807) is 27.8 Å². The molecular formula is C16H35IN6O4V2-2. The molecule has 1 heterocycles. The van der Waals surface area contributed by atoms with Gasteiger partial charge in [-0.15, -0.1) is 0 Å². The van der Waals surface area contributed by atoms with Crippen LogP contribution in [0.5, 0.6) is 0 Å². The minimum absolute atomic E-state index is 0. The maximum Gasteiger partial charge on any atom is 0.323 e. The molecule has 0 atom stereocenters. The van der Waals surface area contributed by atoms with Crippen molar-refractivity contribution in [3.63, 3.8) is 0 Å². The summed E-state index contributed by atoms with van der Waals surface area (Å²) in [5, 5.41) is 24.8. The van der Waals surface area contributed by atoms with Gasteiger partial charge in [0.15, 0.2) is 5.82 Å². The Hall–Kier alpha value is -0.301. The number of nitrogens with one attached hydrogen (secondary N) is 1. The number of hydrogen-bond donors (Lipinski definition) is 5. The van der Waals surface area contributed by atoms with Crippen LogP contribution in [0.2, 0.25) is 0 Å². The molecule has 0 saturated heterocycles. The van der Waals surface area contributed by atoms with E-state index in [0.29, 0.717) is 11.7 Å². The van der Waals surface area contributed by atoms with Crippen LogP contribution in [0, 0.1) is 18.8 Å². The van der Waals surface area contributed by atoms with E-state index in [1.807, 2.05) is 25.2 Å². The van der Waals surface area contributed by atoms with Gasteiger partial charge in [0.05, 0.1) is 5.54 Å². The smallest absolute Gasteiger partial charge is 0.323 e. The van der Waals surface area contributed by atoms with Gasteiger partial charge in [0.25, 0.3) is 0 Å². The topological polar surface area (TPSA) is 173 Å².